The fourth-order valence-electron chi connectivity index (χ4n) is 1.89. The molecule has 1 saturated heterocycles. The van der Waals surface area contributed by atoms with Crippen molar-refractivity contribution < 1.29 is 4.74 Å². The predicted molar refractivity (Wildman–Crippen MR) is 64.2 cm³/mol. The third kappa shape index (κ3) is 3.59. The first kappa shape index (κ1) is 12.7. The van der Waals surface area contributed by atoms with Crippen LogP contribution in [0.4, 0.5) is 0 Å². The number of hydrogen-bond acceptors (Lipinski definition) is 3. The van der Waals surface area contributed by atoms with E-state index in [0.717, 1.165) is 32.8 Å². The average Bonchev–Trinajstić information content (AvgIpc) is 2.11. The maximum absolute atomic E-state index is 5.20. The van der Waals surface area contributed by atoms with Crippen LogP contribution in [0, 0.1) is 0 Å². The summed E-state index contributed by atoms with van der Waals surface area (Å²) in [6.45, 7) is 11.8. The van der Waals surface area contributed by atoms with Gasteiger partial charge in [-0.05, 0) is 26.0 Å². The second-order valence-electron chi connectivity index (χ2n) is 4.35. The molecule has 15 heavy (non-hydrogen) atoms. The summed E-state index contributed by atoms with van der Waals surface area (Å²) < 4.78 is 5.20. The highest BCUT2D eigenvalue weighted by Gasteiger charge is 2.16. The van der Waals surface area contributed by atoms with Gasteiger partial charge < -0.3 is 10.1 Å². The van der Waals surface area contributed by atoms with Crippen molar-refractivity contribution in [3.8, 4) is 0 Å². The second-order valence-corrected chi connectivity index (χ2v) is 4.35. The van der Waals surface area contributed by atoms with Gasteiger partial charge in [0.05, 0.1) is 6.61 Å². The first-order chi connectivity index (χ1) is 7.19. The molecule has 1 fully saturated rings. The van der Waals surface area contributed by atoms with Crippen molar-refractivity contribution in [1.29, 1.82) is 0 Å². The van der Waals surface area contributed by atoms with E-state index in [2.05, 4.69) is 31.0 Å². The van der Waals surface area contributed by atoms with Gasteiger partial charge in [0.2, 0.25) is 0 Å². The number of nitrogens with zero attached hydrogens (tertiary/aromatic N) is 1. The van der Waals surface area contributed by atoms with Crippen LogP contribution in [0.25, 0.3) is 0 Å². The molecule has 88 valence electrons. The molecule has 1 N–H and O–H groups in total. The van der Waals surface area contributed by atoms with E-state index in [1.165, 1.54) is 5.57 Å². The maximum Gasteiger partial charge on any atom is 0.0615 e. The van der Waals surface area contributed by atoms with Crippen LogP contribution in [-0.4, -0.2) is 50.8 Å². The fourth-order valence-corrected chi connectivity index (χ4v) is 1.89. The summed E-state index contributed by atoms with van der Waals surface area (Å²) in [6.07, 6.45) is 0. The summed E-state index contributed by atoms with van der Waals surface area (Å²) in [6, 6.07) is 0.503. The smallest absolute Gasteiger partial charge is 0.0615 e. The van der Waals surface area contributed by atoms with Crippen molar-refractivity contribution >= 4 is 0 Å². The van der Waals surface area contributed by atoms with Gasteiger partial charge >= 0.3 is 0 Å². The minimum Gasteiger partial charge on any atom is -0.383 e. The number of methoxy groups -OCH3 is 1. The van der Waals surface area contributed by atoms with Crippen LogP contribution < -0.4 is 5.32 Å². The van der Waals surface area contributed by atoms with Crippen molar-refractivity contribution in [2.24, 2.45) is 0 Å². The molecule has 0 aromatic rings. The van der Waals surface area contributed by atoms with Gasteiger partial charge in [-0.1, -0.05) is 12.5 Å². The van der Waals surface area contributed by atoms with Gasteiger partial charge in [0.15, 0.2) is 0 Å². The molecule has 1 unspecified atom stereocenters. The predicted octanol–water partition coefficient (Wildman–Crippen LogP) is 1.26. The third-order valence-electron chi connectivity index (χ3n) is 3.16. The number of nitrogens with one attached hydrogen (secondary N) is 1. The van der Waals surface area contributed by atoms with E-state index in [1.807, 2.05) is 0 Å². The highest BCUT2D eigenvalue weighted by atomic mass is 16.5. The van der Waals surface area contributed by atoms with Crippen LogP contribution >= 0.6 is 0 Å². The molecule has 0 bridgehead atoms. The van der Waals surface area contributed by atoms with E-state index in [9.17, 15) is 0 Å². The van der Waals surface area contributed by atoms with Crippen molar-refractivity contribution in [2.75, 3.05) is 39.9 Å². The molecule has 3 heteroatoms. The van der Waals surface area contributed by atoms with E-state index in [-0.39, 0.29) is 0 Å². The average molecular weight is 212 g/mol. The van der Waals surface area contributed by atoms with Crippen molar-refractivity contribution in [1.82, 2.24) is 10.2 Å². The molecule has 1 aliphatic rings. The molecule has 0 saturated carbocycles. The molecule has 1 rings (SSSR count). The number of likely N-dealkylation sites (N-methyl/N-ethyl adjacent to an activating group) is 1. The zero-order valence-corrected chi connectivity index (χ0v) is 10.5. The van der Waals surface area contributed by atoms with Gasteiger partial charge in [0.1, 0.15) is 0 Å². The third-order valence-corrected chi connectivity index (χ3v) is 3.16. The molecule has 0 aliphatic carbocycles. The van der Waals surface area contributed by atoms with Crippen molar-refractivity contribution in [3.63, 3.8) is 0 Å². The summed E-state index contributed by atoms with van der Waals surface area (Å²) in [5.74, 6) is 0. The lowest BCUT2D eigenvalue weighted by atomic mass is 10.0. The molecule has 1 atom stereocenters. The number of hydrogen-bond donors (Lipinski definition) is 1. The summed E-state index contributed by atoms with van der Waals surface area (Å²) in [5, 5.41) is 3.29. The Hall–Kier alpha value is -0.380. The topological polar surface area (TPSA) is 24.5 Å². The molecular formula is C12H24N2O. The Labute approximate surface area is 93.5 Å². The summed E-state index contributed by atoms with van der Waals surface area (Å²) in [7, 11) is 1.77. The monoisotopic (exact) mass is 212 g/mol. The Morgan fingerprint density at radius 1 is 1.53 bits per heavy atom. The first-order valence-corrected chi connectivity index (χ1v) is 5.80. The Kier molecular flexibility index (Phi) is 5.29. The van der Waals surface area contributed by atoms with E-state index >= 15 is 0 Å². The standard InChI is InChI=1S/C12H24N2O/c1-5-14(11(3)9-15-4)8-10(2)12-6-13-7-12/h11,13H,5-9H2,1-4H3. The van der Waals surface area contributed by atoms with Crippen LogP contribution in [0.1, 0.15) is 20.8 Å². The van der Waals surface area contributed by atoms with Gasteiger partial charge in [-0.15, -0.1) is 0 Å². The van der Waals surface area contributed by atoms with Gasteiger partial charge in [-0.25, -0.2) is 0 Å². The molecule has 1 heterocycles. The lowest BCUT2D eigenvalue weighted by Gasteiger charge is -2.30. The second kappa shape index (κ2) is 6.26. The number of ether oxygens (including phenoxy) is 1. The van der Waals surface area contributed by atoms with E-state index in [0.29, 0.717) is 6.04 Å². The normalized spacial score (nSPS) is 17.8. The van der Waals surface area contributed by atoms with Crippen molar-refractivity contribution in [2.45, 2.75) is 26.8 Å². The van der Waals surface area contributed by atoms with Gasteiger partial charge in [0, 0.05) is 32.8 Å². The Morgan fingerprint density at radius 3 is 2.60 bits per heavy atom. The summed E-state index contributed by atoms with van der Waals surface area (Å²) >= 11 is 0. The minimum atomic E-state index is 0.503. The molecule has 0 aromatic carbocycles. The minimum absolute atomic E-state index is 0.503. The fraction of sp³-hybridized carbons (Fsp3) is 0.833. The first-order valence-electron chi connectivity index (χ1n) is 5.80. The van der Waals surface area contributed by atoms with E-state index in [1.54, 1.807) is 12.7 Å². The lowest BCUT2D eigenvalue weighted by Crippen LogP contribution is -2.40. The van der Waals surface area contributed by atoms with Crippen LogP contribution in [0.3, 0.4) is 0 Å². The van der Waals surface area contributed by atoms with Crippen LogP contribution in [0.2, 0.25) is 0 Å². The molecular weight excluding hydrogens is 188 g/mol. The lowest BCUT2D eigenvalue weighted by molar-refractivity contribution is 0.108. The molecule has 0 aromatic heterocycles. The summed E-state index contributed by atoms with van der Waals surface area (Å²) in [4.78, 5) is 2.46. The largest absolute Gasteiger partial charge is 0.383 e. The molecule has 0 spiro atoms. The molecule has 1 aliphatic heterocycles. The van der Waals surface area contributed by atoms with Gasteiger partial charge in [-0.3, -0.25) is 4.90 Å². The zero-order valence-electron chi connectivity index (χ0n) is 10.5. The van der Waals surface area contributed by atoms with Crippen LogP contribution in [0.15, 0.2) is 11.1 Å². The zero-order chi connectivity index (χ0) is 11.3. The van der Waals surface area contributed by atoms with Crippen LogP contribution in [0.5, 0.6) is 0 Å². The Bertz CT molecular complexity index is 220. The Morgan fingerprint density at radius 2 is 2.20 bits per heavy atom. The van der Waals surface area contributed by atoms with E-state index < -0.39 is 0 Å². The van der Waals surface area contributed by atoms with E-state index in [4.69, 9.17) is 4.74 Å². The molecule has 3 nitrogen and oxygen atoms in total. The van der Waals surface area contributed by atoms with Gasteiger partial charge in [-0.2, -0.15) is 0 Å². The highest BCUT2D eigenvalue weighted by Crippen LogP contribution is 2.12. The molecule has 0 radical (unpaired) electrons. The molecule has 0 amide bonds. The van der Waals surface area contributed by atoms with Gasteiger partial charge in [0.25, 0.3) is 0 Å². The van der Waals surface area contributed by atoms with Crippen molar-refractivity contribution in [3.05, 3.63) is 11.1 Å². The van der Waals surface area contributed by atoms with Crippen LogP contribution in [-0.2, 0) is 4.74 Å². The highest BCUT2D eigenvalue weighted by molar-refractivity contribution is 5.22. The summed E-state index contributed by atoms with van der Waals surface area (Å²) in [5.41, 5.74) is 3.11. The Balaban J connectivity index is 2.45. The maximum atomic E-state index is 5.20. The quantitative estimate of drug-likeness (QED) is 0.671. The SMILES string of the molecule is CCN(CC(C)=C1CNC1)C(C)COC. The number of rotatable bonds is 6.